The normalized spacial score (nSPS) is 11.6. The first-order chi connectivity index (χ1) is 27.7. The number of nitrogens with zero attached hydrogens (tertiary/aromatic N) is 3. The third kappa shape index (κ3) is 5.37. The van der Waals surface area contributed by atoms with E-state index in [4.69, 9.17) is 23.8 Å². The van der Waals surface area contributed by atoms with Gasteiger partial charge in [0.2, 0.25) is 0 Å². The molecule has 0 saturated heterocycles. The van der Waals surface area contributed by atoms with Crippen LogP contribution < -0.4 is 0 Å². The molecule has 0 spiro atoms. The van der Waals surface area contributed by atoms with Gasteiger partial charge in [-0.3, -0.25) is 0 Å². The monoisotopic (exact) mass is 717 g/mol. The molecule has 5 heteroatoms. The maximum Gasteiger partial charge on any atom is 0.167 e. The molecule has 0 fully saturated rings. The second-order valence-electron chi connectivity index (χ2n) is 13.9. The van der Waals surface area contributed by atoms with Gasteiger partial charge in [-0.15, -0.1) is 0 Å². The summed E-state index contributed by atoms with van der Waals surface area (Å²) in [6, 6.07) is 64.6. The summed E-state index contributed by atoms with van der Waals surface area (Å²) in [5.41, 5.74) is 12.1. The number of hydrogen-bond acceptors (Lipinski definition) is 5. The average molecular weight is 718 g/mol. The Balaban J connectivity index is 1.23. The van der Waals surface area contributed by atoms with E-state index in [1.807, 2.05) is 84.9 Å². The Labute approximate surface area is 322 Å². The van der Waals surface area contributed by atoms with E-state index in [9.17, 15) is 0 Å². The van der Waals surface area contributed by atoms with Crippen LogP contribution >= 0.6 is 0 Å². The van der Waals surface area contributed by atoms with Crippen LogP contribution in [0.5, 0.6) is 0 Å². The Kier molecular flexibility index (Phi) is 7.42. The third-order valence-electron chi connectivity index (χ3n) is 10.6. The lowest BCUT2D eigenvalue weighted by molar-refractivity contribution is 0.669. The topological polar surface area (TPSA) is 65.0 Å². The maximum atomic E-state index is 6.52. The van der Waals surface area contributed by atoms with Crippen LogP contribution in [0.4, 0.5) is 0 Å². The van der Waals surface area contributed by atoms with Crippen LogP contribution in [0.25, 0.3) is 111 Å². The van der Waals surface area contributed by atoms with Crippen molar-refractivity contribution in [1.29, 1.82) is 0 Å². The molecule has 0 amide bonds. The van der Waals surface area contributed by atoms with Gasteiger partial charge in [0.1, 0.15) is 22.3 Å². The minimum absolute atomic E-state index is 0.535. The van der Waals surface area contributed by atoms with Crippen LogP contribution in [0.2, 0.25) is 0 Å². The minimum atomic E-state index is 0.535. The van der Waals surface area contributed by atoms with E-state index < -0.39 is 0 Å². The Bertz CT molecular complexity index is 3240. The molecular formula is C51H31N3O2. The summed E-state index contributed by atoms with van der Waals surface area (Å²) in [4.78, 5) is 15.8. The van der Waals surface area contributed by atoms with Crippen molar-refractivity contribution >= 4 is 43.9 Å². The number of para-hydroxylation sites is 3. The zero-order chi connectivity index (χ0) is 37.0. The van der Waals surface area contributed by atoms with Crippen molar-refractivity contribution in [2.24, 2.45) is 0 Å². The zero-order valence-electron chi connectivity index (χ0n) is 30.1. The fraction of sp³-hybridized carbons (Fsp3) is 0. The quantitative estimate of drug-likeness (QED) is 0.171. The molecule has 0 aliphatic rings. The molecule has 0 atom stereocenters. The summed E-state index contributed by atoms with van der Waals surface area (Å²) < 4.78 is 13.0. The van der Waals surface area contributed by atoms with Gasteiger partial charge in [-0.05, 0) is 70.3 Å². The molecule has 11 rings (SSSR count). The number of hydrogen-bond donors (Lipinski definition) is 0. The number of aromatic nitrogens is 3. The van der Waals surface area contributed by atoms with Crippen molar-refractivity contribution in [2.75, 3.05) is 0 Å². The van der Waals surface area contributed by atoms with Gasteiger partial charge in [0.05, 0.1) is 5.56 Å². The Morgan fingerprint density at radius 3 is 1.55 bits per heavy atom. The maximum absolute atomic E-state index is 6.52. The summed E-state index contributed by atoms with van der Waals surface area (Å²) in [7, 11) is 0. The third-order valence-corrected chi connectivity index (χ3v) is 10.6. The van der Waals surface area contributed by atoms with Gasteiger partial charge < -0.3 is 8.83 Å². The highest BCUT2D eigenvalue weighted by atomic mass is 16.3. The predicted molar refractivity (Wildman–Crippen MR) is 227 cm³/mol. The molecule has 0 N–H and O–H groups in total. The molecular weight excluding hydrogens is 687 g/mol. The molecule has 0 aliphatic carbocycles. The van der Waals surface area contributed by atoms with Crippen LogP contribution in [0.15, 0.2) is 197 Å². The minimum Gasteiger partial charge on any atom is -0.456 e. The molecule has 0 unspecified atom stereocenters. The molecule has 0 aliphatic heterocycles. The lowest BCUT2D eigenvalue weighted by atomic mass is 9.86. The van der Waals surface area contributed by atoms with Crippen molar-refractivity contribution < 1.29 is 8.83 Å². The van der Waals surface area contributed by atoms with E-state index in [1.54, 1.807) is 0 Å². The van der Waals surface area contributed by atoms with Gasteiger partial charge in [0.25, 0.3) is 0 Å². The first-order valence-corrected chi connectivity index (χ1v) is 18.7. The SMILES string of the molecule is c1ccc(-c2cc(-c3ccc4c(c3)oc3ccccc34)c(-c3ccccc3)c(-c3nc(-c4ccccc4)nc(-c4cccc5c4oc4ccccc45)n3)c2)cc1. The summed E-state index contributed by atoms with van der Waals surface area (Å²) in [6.07, 6.45) is 0. The first-order valence-electron chi connectivity index (χ1n) is 18.7. The largest absolute Gasteiger partial charge is 0.456 e. The fourth-order valence-corrected chi connectivity index (χ4v) is 7.91. The van der Waals surface area contributed by atoms with Crippen LogP contribution in [0, 0.1) is 0 Å². The predicted octanol–water partition coefficient (Wildman–Crippen LogP) is 13.7. The molecule has 56 heavy (non-hydrogen) atoms. The Morgan fingerprint density at radius 1 is 0.286 bits per heavy atom. The number of benzene rings is 8. The Hall–Kier alpha value is -7.63. The summed E-state index contributed by atoms with van der Waals surface area (Å²) >= 11 is 0. The summed E-state index contributed by atoms with van der Waals surface area (Å²) in [6.45, 7) is 0. The van der Waals surface area contributed by atoms with Crippen molar-refractivity contribution in [1.82, 2.24) is 15.0 Å². The van der Waals surface area contributed by atoms with Crippen LogP contribution in [-0.4, -0.2) is 15.0 Å². The Morgan fingerprint density at radius 2 is 0.821 bits per heavy atom. The lowest BCUT2D eigenvalue weighted by Crippen LogP contribution is -2.02. The summed E-state index contributed by atoms with van der Waals surface area (Å²) in [5, 5.41) is 4.25. The molecule has 0 bridgehead atoms. The highest BCUT2D eigenvalue weighted by molar-refractivity contribution is 6.09. The van der Waals surface area contributed by atoms with Crippen LogP contribution in [0.3, 0.4) is 0 Å². The van der Waals surface area contributed by atoms with Crippen LogP contribution in [0.1, 0.15) is 0 Å². The molecule has 3 heterocycles. The van der Waals surface area contributed by atoms with E-state index in [-0.39, 0.29) is 0 Å². The van der Waals surface area contributed by atoms with E-state index in [0.29, 0.717) is 17.5 Å². The van der Waals surface area contributed by atoms with Gasteiger partial charge >= 0.3 is 0 Å². The van der Waals surface area contributed by atoms with Gasteiger partial charge in [-0.1, -0.05) is 146 Å². The number of rotatable bonds is 6. The molecule has 5 nitrogen and oxygen atoms in total. The second kappa shape index (κ2) is 13.0. The standard InChI is InChI=1S/C51H31N3O2/c1-4-15-32(16-5-1)36-29-42(35-27-28-39-37-21-10-12-25-44(37)55-46(39)31-35)47(33-17-6-2-7-18-33)43(30-36)51-53-49(34-19-8-3-9-20-34)52-50(54-51)41-24-14-23-40-38-22-11-13-26-45(38)56-48(40)41/h1-31H. The molecule has 262 valence electrons. The smallest absolute Gasteiger partial charge is 0.167 e. The van der Waals surface area contributed by atoms with E-state index in [2.05, 4.69) is 103 Å². The fourth-order valence-electron chi connectivity index (χ4n) is 7.91. The molecule has 0 radical (unpaired) electrons. The molecule has 8 aromatic carbocycles. The van der Waals surface area contributed by atoms with Crippen molar-refractivity contribution in [2.45, 2.75) is 0 Å². The lowest BCUT2D eigenvalue weighted by Gasteiger charge is -2.19. The summed E-state index contributed by atoms with van der Waals surface area (Å²) in [5.74, 6) is 1.67. The first kappa shape index (κ1) is 31.9. The van der Waals surface area contributed by atoms with Gasteiger partial charge in [0.15, 0.2) is 17.5 Å². The highest BCUT2D eigenvalue weighted by Crippen LogP contribution is 2.45. The molecule has 0 saturated carbocycles. The van der Waals surface area contributed by atoms with E-state index >= 15 is 0 Å². The molecule has 11 aromatic rings. The number of fused-ring (bicyclic) bond motifs is 6. The average Bonchev–Trinajstić information content (AvgIpc) is 3.85. The molecule has 3 aromatic heterocycles. The van der Waals surface area contributed by atoms with Gasteiger partial charge in [0, 0.05) is 38.2 Å². The zero-order valence-corrected chi connectivity index (χ0v) is 30.1. The van der Waals surface area contributed by atoms with Crippen LogP contribution in [-0.2, 0) is 0 Å². The van der Waals surface area contributed by atoms with Gasteiger partial charge in [-0.2, -0.15) is 0 Å². The van der Waals surface area contributed by atoms with E-state index in [1.165, 1.54) is 0 Å². The van der Waals surface area contributed by atoms with Crippen molar-refractivity contribution in [3.05, 3.63) is 188 Å². The van der Waals surface area contributed by atoms with E-state index in [0.717, 1.165) is 93.9 Å². The highest BCUT2D eigenvalue weighted by Gasteiger charge is 2.23. The van der Waals surface area contributed by atoms with Gasteiger partial charge in [-0.25, -0.2) is 15.0 Å². The van der Waals surface area contributed by atoms with Crippen molar-refractivity contribution in [3.8, 4) is 67.5 Å². The van der Waals surface area contributed by atoms with Crippen molar-refractivity contribution in [3.63, 3.8) is 0 Å². The second-order valence-corrected chi connectivity index (χ2v) is 13.9. The number of furan rings is 2.